The minimum absolute atomic E-state index is 0.635. The van der Waals surface area contributed by atoms with E-state index in [1.54, 1.807) is 0 Å². The number of aromatic nitrogens is 1. The van der Waals surface area contributed by atoms with Crippen LogP contribution in [0.3, 0.4) is 0 Å². The van der Waals surface area contributed by atoms with Gasteiger partial charge in [0.25, 0.3) is 0 Å². The lowest BCUT2D eigenvalue weighted by atomic mass is 10.2. The van der Waals surface area contributed by atoms with Gasteiger partial charge in [-0.05, 0) is 44.4 Å². The molecule has 2 aromatic rings. The molecule has 0 unspecified atom stereocenters. The van der Waals surface area contributed by atoms with Gasteiger partial charge in [0.2, 0.25) is 0 Å². The van der Waals surface area contributed by atoms with Gasteiger partial charge in [-0.1, -0.05) is 50.6 Å². The van der Waals surface area contributed by atoms with E-state index in [4.69, 9.17) is 5.26 Å². The number of benzene rings is 1. The maximum atomic E-state index is 8.62. The molecule has 1 heterocycles. The standard InChI is InChI=1S/C25H35N5/c1-5-6-17-30-19-24(29-22(4)28-23-13-11-20(2)12-14-23)18-25(30)21(3)27-16-10-8-7-9-15-26/h11-14,18-19,27-29H,3-10,16-17H2,1-2H3. The summed E-state index contributed by atoms with van der Waals surface area (Å²) in [6.45, 7) is 14.4. The van der Waals surface area contributed by atoms with Gasteiger partial charge in [-0.2, -0.15) is 5.26 Å². The summed E-state index contributed by atoms with van der Waals surface area (Å²) in [4.78, 5) is 0. The third kappa shape index (κ3) is 7.71. The first-order chi connectivity index (χ1) is 14.5. The summed E-state index contributed by atoms with van der Waals surface area (Å²) in [5.74, 6) is 0.731. The summed E-state index contributed by atoms with van der Waals surface area (Å²) in [7, 11) is 0. The molecular weight excluding hydrogens is 370 g/mol. The fourth-order valence-electron chi connectivity index (χ4n) is 3.20. The Morgan fingerprint density at radius 2 is 1.77 bits per heavy atom. The van der Waals surface area contributed by atoms with Gasteiger partial charge in [-0.25, -0.2) is 0 Å². The minimum atomic E-state index is 0.635. The average Bonchev–Trinajstić information content (AvgIpc) is 3.13. The first kappa shape index (κ1) is 23.2. The molecule has 0 aliphatic rings. The van der Waals surface area contributed by atoms with Crippen LogP contribution in [0.4, 0.5) is 11.4 Å². The van der Waals surface area contributed by atoms with Crippen molar-refractivity contribution in [2.75, 3.05) is 17.2 Å². The molecule has 0 aliphatic carbocycles. The molecule has 0 atom stereocenters. The monoisotopic (exact) mass is 405 g/mol. The molecule has 5 nitrogen and oxygen atoms in total. The van der Waals surface area contributed by atoms with Crippen molar-refractivity contribution in [2.45, 2.75) is 58.9 Å². The van der Waals surface area contributed by atoms with E-state index in [9.17, 15) is 0 Å². The van der Waals surface area contributed by atoms with Crippen molar-refractivity contribution >= 4 is 17.1 Å². The quantitative estimate of drug-likeness (QED) is 0.326. The minimum Gasteiger partial charge on any atom is -0.384 e. The van der Waals surface area contributed by atoms with Crippen LogP contribution in [-0.4, -0.2) is 11.1 Å². The molecule has 0 amide bonds. The van der Waals surface area contributed by atoms with Crippen molar-refractivity contribution in [3.63, 3.8) is 0 Å². The van der Waals surface area contributed by atoms with Gasteiger partial charge in [0.05, 0.1) is 23.1 Å². The van der Waals surface area contributed by atoms with Crippen LogP contribution in [0.5, 0.6) is 0 Å². The third-order valence-electron chi connectivity index (χ3n) is 4.90. The molecule has 30 heavy (non-hydrogen) atoms. The van der Waals surface area contributed by atoms with Crippen LogP contribution in [0.25, 0.3) is 5.70 Å². The molecule has 0 aliphatic heterocycles. The lowest BCUT2D eigenvalue weighted by Crippen LogP contribution is -2.15. The number of aryl methyl sites for hydroxylation is 2. The number of unbranched alkanes of at least 4 members (excludes halogenated alkanes) is 4. The fourth-order valence-corrected chi connectivity index (χ4v) is 3.20. The second-order valence-corrected chi connectivity index (χ2v) is 7.63. The molecule has 1 aromatic carbocycles. The number of hydrogen-bond donors (Lipinski definition) is 3. The summed E-state index contributed by atoms with van der Waals surface area (Å²) in [5, 5.41) is 18.7. The van der Waals surface area contributed by atoms with Crippen molar-refractivity contribution in [1.82, 2.24) is 9.88 Å². The average molecular weight is 406 g/mol. The summed E-state index contributed by atoms with van der Waals surface area (Å²) in [6, 6.07) is 12.5. The smallest absolute Gasteiger partial charge is 0.100 e. The molecule has 0 fully saturated rings. The predicted octanol–water partition coefficient (Wildman–Crippen LogP) is 6.24. The molecule has 5 heteroatoms. The van der Waals surface area contributed by atoms with Gasteiger partial charge in [-0.15, -0.1) is 0 Å². The Bertz CT molecular complexity index is 855. The Labute approximate surface area is 181 Å². The predicted molar refractivity (Wildman–Crippen MR) is 128 cm³/mol. The molecule has 0 spiro atoms. The zero-order valence-electron chi connectivity index (χ0n) is 18.4. The summed E-state index contributed by atoms with van der Waals surface area (Å²) in [5.41, 5.74) is 5.24. The lowest BCUT2D eigenvalue weighted by Gasteiger charge is -2.13. The van der Waals surface area contributed by atoms with E-state index in [1.165, 1.54) is 5.56 Å². The topological polar surface area (TPSA) is 64.8 Å². The van der Waals surface area contributed by atoms with E-state index in [0.717, 1.165) is 73.8 Å². The Morgan fingerprint density at radius 1 is 1.03 bits per heavy atom. The summed E-state index contributed by atoms with van der Waals surface area (Å²) < 4.78 is 2.25. The molecular formula is C25H35N5. The fraction of sp³-hybridized carbons (Fsp3) is 0.400. The van der Waals surface area contributed by atoms with E-state index in [0.29, 0.717) is 6.42 Å². The van der Waals surface area contributed by atoms with Crippen molar-refractivity contribution < 1.29 is 0 Å². The first-order valence-corrected chi connectivity index (χ1v) is 10.8. The highest BCUT2D eigenvalue weighted by Crippen LogP contribution is 2.22. The molecule has 3 N–H and O–H groups in total. The maximum absolute atomic E-state index is 8.62. The SMILES string of the molecule is C=C(Nc1ccc(C)cc1)Nc1cc(C(=C)NCCCCCC#N)n(CCCC)c1. The summed E-state index contributed by atoms with van der Waals surface area (Å²) in [6.07, 6.45) is 8.07. The van der Waals surface area contributed by atoms with Gasteiger partial charge in [0.15, 0.2) is 0 Å². The number of anilines is 2. The second-order valence-electron chi connectivity index (χ2n) is 7.63. The van der Waals surface area contributed by atoms with Crippen LogP contribution in [-0.2, 0) is 6.54 Å². The van der Waals surface area contributed by atoms with Crippen molar-refractivity contribution in [2.24, 2.45) is 0 Å². The van der Waals surface area contributed by atoms with E-state index in [1.807, 2.05) is 12.1 Å². The van der Waals surface area contributed by atoms with Crippen LogP contribution in [0.15, 0.2) is 55.5 Å². The highest BCUT2D eigenvalue weighted by atomic mass is 15.1. The van der Waals surface area contributed by atoms with Crippen LogP contribution in [0.1, 0.15) is 56.7 Å². The van der Waals surface area contributed by atoms with E-state index >= 15 is 0 Å². The molecule has 0 radical (unpaired) electrons. The van der Waals surface area contributed by atoms with Gasteiger partial charge in [0.1, 0.15) is 5.82 Å². The number of nitrogens with one attached hydrogen (secondary N) is 3. The van der Waals surface area contributed by atoms with Crippen LogP contribution in [0, 0.1) is 18.3 Å². The zero-order chi connectivity index (χ0) is 21.8. The Morgan fingerprint density at radius 3 is 2.47 bits per heavy atom. The molecule has 0 saturated heterocycles. The largest absolute Gasteiger partial charge is 0.384 e. The Kier molecular flexibility index (Phi) is 9.60. The maximum Gasteiger partial charge on any atom is 0.100 e. The zero-order valence-corrected chi connectivity index (χ0v) is 18.4. The first-order valence-electron chi connectivity index (χ1n) is 10.8. The number of hydrogen-bond acceptors (Lipinski definition) is 4. The third-order valence-corrected chi connectivity index (χ3v) is 4.90. The molecule has 0 bridgehead atoms. The van der Waals surface area contributed by atoms with Gasteiger partial charge in [0, 0.05) is 31.4 Å². The Balaban J connectivity index is 1.96. The van der Waals surface area contributed by atoms with Crippen LogP contribution < -0.4 is 16.0 Å². The van der Waals surface area contributed by atoms with Crippen LogP contribution in [0.2, 0.25) is 0 Å². The van der Waals surface area contributed by atoms with Crippen molar-refractivity contribution in [3.8, 4) is 6.07 Å². The van der Waals surface area contributed by atoms with Gasteiger partial charge >= 0.3 is 0 Å². The normalized spacial score (nSPS) is 10.3. The van der Waals surface area contributed by atoms with Gasteiger partial charge in [-0.3, -0.25) is 0 Å². The number of rotatable bonds is 14. The highest BCUT2D eigenvalue weighted by Gasteiger charge is 2.10. The summed E-state index contributed by atoms with van der Waals surface area (Å²) >= 11 is 0. The molecule has 2 rings (SSSR count). The van der Waals surface area contributed by atoms with E-state index < -0.39 is 0 Å². The van der Waals surface area contributed by atoms with Gasteiger partial charge < -0.3 is 20.5 Å². The second kappa shape index (κ2) is 12.4. The lowest BCUT2D eigenvalue weighted by molar-refractivity contribution is 0.623. The molecule has 1 aromatic heterocycles. The highest BCUT2D eigenvalue weighted by molar-refractivity contribution is 5.66. The van der Waals surface area contributed by atoms with Crippen LogP contribution >= 0.6 is 0 Å². The number of nitrogens with zero attached hydrogens (tertiary/aromatic N) is 2. The molecule has 160 valence electrons. The van der Waals surface area contributed by atoms with E-state index in [2.05, 4.69) is 78.0 Å². The van der Waals surface area contributed by atoms with E-state index in [-0.39, 0.29) is 0 Å². The molecule has 0 saturated carbocycles. The van der Waals surface area contributed by atoms with Crippen molar-refractivity contribution in [1.29, 1.82) is 5.26 Å². The van der Waals surface area contributed by atoms with Crippen molar-refractivity contribution in [3.05, 3.63) is 66.8 Å². The number of nitriles is 1. The Hall–Kier alpha value is -3.13.